The van der Waals surface area contributed by atoms with E-state index >= 15 is 0 Å². The number of aromatic nitrogens is 4. The Morgan fingerprint density at radius 2 is 2.42 bits per heavy atom. The van der Waals surface area contributed by atoms with Crippen LogP contribution in [0.4, 0.5) is 0 Å². The molecule has 1 unspecified atom stereocenters. The maximum atomic E-state index is 10.8. The lowest BCUT2D eigenvalue weighted by Crippen LogP contribution is -2.17. The van der Waals surface area contributed by atoms with Gasteiger partial charge >= 0.3 is 5.97 Å². The fourth-order valence-electron chi connectivity index (χ4n) is 1.89. The SMILES string of the molecule is CCC(CC(=O)O)Cn1nnnc1Cc1cccs1. The molecule has 0 radical (unpaired) electrons. The van der Waals surface area contributed by atoms with Gasteiger partial charge in [-0.3, -0.25) is 4.79 Å². The van der Waals surface area contributed by atoms with Gasteiger partial charge in [0.05, 0.1) is 0 Å². The molecule has 0 aromatic carbocycles. The second kappa shape index (κ2) is 6.42. The summed E-state index contributed by atoms with van der Waals surface area (Å²) in [7, 11) is 0. The van der Waals surface area contributed by atoms with Crippen molar-refractivity contribution in [1.29, 1.82) is 0 Å². The van der Waals surface area contributed by atoms with Crippen molar-refractivity contribution in [1.82, 2.24) is 20.2 Å². The number of thiophene rings is 1. The molecule has 7 heteroatoms. The van der Waals surface area contributed by atoms with Crippen molar-refractivity contribution in [2.24, 2.45) is 5.92 Å². The highest BCUT2D eigenvalue weighted by Gasteiger charge is 2.15. The molecule has 19 heavy (non-hydrogen) atoms. The van der Waals surface area contributed by atoms with Crippen LogP contribution in [0.25, 0.3) is 0 Å². The van der Waals surface area contributed by atoms with Crippen LogP contribution in [0, 0.1) is 5.92 Å². The zero-order chi connectivity index (χ0) is 13.7. The van der Waals surface area contributed by atoms with Gasteiger partial charge in [0.15, 0.2) is 5.82 Å². The van der Waals surface area contributed by atoms with Crippen molar-refractivity contribution in [3.8, 4) is 0 Å². The van der Waals surface area contributed by atoms with Gasteiger partial charge < -0.3 is 5.11 Å². The first kappa shape index (κ1) is 13.7. The minimum absolute atomic E-state index is 0.0584. The van der Waals surface area contributed by atoms with Crippen LogP contribution in [0.2, 0.25) is 0 Å². The lowest BCUT2D eigenvalue weighted by Gasteiger charge is -2.12. The summed E-state index contributed by atoms with van der Waals surface area (Å²) in [5, 5.41) is 22.5. The van der Waals surface area contributed by atoms with Gasteiger partial charge in [0.2, 0.25) is 0 Å². The van der Waals surface area contributed by atoms with E-state index in [2.05, 4.69) is 15.5 Å². The Labute approximate surface area is 115 Å². The van der Waals surface area contributed by atoms with E-state index < -0.39 is 5.97 Å². The Morgan fingerprint density at radius 1 is 1.58 bits per heavy atom. The minimum atomic E-state index is -0.778. The fraction of sp³-hybridized carbons (Fsp3) is 0.500. The largest absolute Gasteiger partial charge is 0.481 e. The summed E-state index contributed by atoms with van der Waals surface area (Å²) < 4.78 is 1.72. The van der Waals surface area contributed by atoms with Gasteiger partial charge in [0.1, 0.15) is 0 Å². The molecule has 0 spiro atoms. The molecule has 0 amide bonds. The first-order valence-corrected chi connectivity index (χ1v) is 7.06. The zero-order valence-electron chi connectivity index (χ0n) is 10.7. The van der Waals surface area contributed by atoms with E-state index in [-0.39, 0.29) is 12.3 Å². The summed E-state index contributed by atoms with van der Waals surface area (Å²) in [5.74, 6) is 0.0640. The summed E-state index contributed by atoms with van der Waals surface area (Å²) in [4.78, 5) is 12.0. The Bertz CT molecular complexity index is 524. The highest BCUT2D eigenvalue weighted by molar-refractivity contribution is 7.09. The number of nitrogens with zero attached hydrogens (tertiary/aromatic N) is 4. The van der Waals surface area contributed by atoms with E-state index in [0.29, 0.717) is 13.0 Å². The number of hydrogen-bond acceptors (Lipinski definition) is 5. The molecule has 2 aromatic rings. The summed E-state index contributed by atoms with van der Waals surface area (Å²) in [6, 6.07) is 4.03. The fourth-order valence-corrected chi connectivity index (χ4v) is 2.59. The van der Waals surface area contributed by atoms with Crippen LogP contribution in [0.3, 0.4) is 0 Å². The molecule has 0 aliphatic heterocycles. The lowest BCUT2D eigenvalue weighted by molar-refractivity contribution is -0.138. The van der Waals surface area contributed by atoms with Gasteiger partial charge in [0, 0.05) is 24.3 Å². The van der Waals surface area contributed by atoms with Crippen LogP contribution in [-0.4, -0.2) is 31.3 Å². The van der Waals surface area contributed by atoms with Crippen LogP contribution in [0.5, 0.6) is 0 Å². The van der Waals surface area contributed by atoms with Gasteiger partial charge in [-0.2, -0.15) is 0 Å². The first-order chi connectivity index (χ1) is 9.19. The van der Waals surface area contributed by atoms with Crippen LogP contribution in [-0.2, 0) is 17.8 Å². The molecule has 0 fully saturated rings. The van der Waals surface area contributed by atoms with Gasteiger partial charge in [0.25, 0.3) is 0 Å². The average molecular weight is 280 g/mol. The first-order valence-electron chi connectivity index (χ1n) is 6.18. The minimum Gasteiger partial charge on any atom is -0.481 e. The normalized spacial score (nSPS) is 12.5. The van der Waals surface area contributed by atoms with E-state index in [0.717, 1.165) is 12.2 Å². The quantitative estimate of drug-likeness (QED) is 0.836. The van der Waals surface area contributed by atoms with Crippen LogP contribution >= 0.6 is 11.3 Å². The number of carbonyl (C=O) groups is 1. The molecule has 2 heterocycles. The molecule has 1 atom stereocenters. The molecule has 0 saturated heterocycles. The van der Waals surface area contributed by atoms with Crippen molar-refractivity contribution >= 4 is 17.3 Å². The van der Waals surface area contributed by atoms with Gasteiger partial charge in [-0.1, -0.05) is 19.4 Å². The number of tetrazole rings is 1. The molecule has 6 nitrogen and oxygen atoms in total. The van der Waals surface area contributed by atoms with Crippen molar-refractivity contribution in [3.63, 3.8) is 0 Å². The Balaban J connectivity index is 2.04. The number of carboxylic acid groups (broad SMARTS) is 1. The van der Waals surface area contributed by atoms with E-state index in [1.807, 2.05) is 24.4 Å². The van der Waals surface area contributed by atoms with Crippen molar-refractivity contribution < 1.29 is 9.90 Å². The second-order valence-electron chi connectivity index (χ2n) is 4.41. The number of rotatable bonds is 7. The van der Waals surface area contributed by atoms with Gasteiger partial charge in [-0.25, -0.2) is 4.68 Å². The predicted molar refractivity (Wildman–Crippen MR) is 71.0 cm³/mol. The molecule has 0 aliphatic rings. The molecule has 0 bridgehead atoms. The highest BCUT2D eigenvalue weighted by Crippen LogP contribution is 2.15. The smallest absolute Gasteiger partial charge is 0.303 e. The van der Waals surface area contributed by atoms with Crippen molar-refractivity contribution in [2.75, 3.05) is 0 Å². The lowest BCUT2D eigenvalue weighted by atomic mass is 10.0. The topological polar surface area (TPSA) is 80.9 Å². The third kappa shape index (κ3) is 3.85. The molecule has 0 saturated carbocycles. The van der Waals surface area contributed by atoms with E-state index in [4.69, 9.17) is 5.11 Å². The standard InChI is InChI=1S/C12H16N4O2S/c1-2-9(6-12(17)18)8-16-11(13-14-15-16)7-10-4-3-5-19-10/h3-5,9H,2,6-8H2,1H3,(H,17,18). The Hall–Kier alpha value is -1.76. The van der Waals surface area contributed by atoms with Crippen LogP contribution in [0.1, 0.15) is 30.5 Å². The van der Waals surface area contributed by atoms with Gasteiger partial charge in [-0.05, 0) is 27.8 Å². The maximum absolute atomic E-state index is 10.8. The monoisotopic (exact) mass is 280 g/mol. The van der Waals surface area contributed by atoms with E-state index in [1.165, 1.54) is 4.88 Å². The van der Waals surface area contributed by atoms with Crippen LogP contribution < -0.4 is 0 Å². The summed E-state index contributed by atoms with van der Waals surface area (Å²) in [5.41, 5.74) is 0. The third-order valence-corrected chi connectivity index (χ3v) is 3.87. The zero-order valence-corrected chi connectivity index (χ0v) is 11.5. The Morgan fingerprint density at radius 3 is 3.05 bits per heavy atom. The molecule has 2 rings (SSSR count). The van der Waals surface area contributed by atoms with Crippen LogP contribution in [0.15, 0.2) is 17.5 Å². The highest BCUT2D eigenvalue weighted by atomic mass is 32.1. The number of hydrogen-bond donors (Lipinski definition) is 1. The summed E-state index contributed by atoms with van der Waals surface area (Å²) >= 11 is 1.66. The molecular weight excluding hydrogens is 264 g/mol. The third-order valence-electron chi connectivity index (χ3n) is 2.99. The summed E-state index contributed by atoms with van der Waals surface area (Å²) in [6.45, 7) is 2.54. The van der Waals surface area contributed by atoms with E-state index in [1.54, 1.807) is 16.0 Å². The van der Waals surface area contributed by atoms with Crippen molar-refractivity contribution in [3.05, 3.63) is 28.2 Å². The second-order valence-corrected chi connectivity index (χ2v) is 5.44. The summed E-state index contributed by atoms with van der Waals surface area (Å²) in [6.07, 6.45) is 1.63. The van der Waals surface area contributed by atoms with Crippen molar-refractivity contribution in [2.45, 2.75) is 32.7 Å². The molecule has 2 aromatic heterocycles. The average Bonchev–Trinajstić information content (AvgIpc) is 3.01. The predicted octanol–water partition coefficient (Wildman–Crippen LogP) is 1.83. The molecule has 102 valence electrons. The number of aliphatic carboxylic acids is 1. The molecular formula is C12H16N4O2S. The molecule has 1 N–H and O–H groups in total. The van der Waals surface area contributed by atoms with E-state index in [9.17, 15) is 4.79 Å². The maximum Gasteiger partial charge on any atom is 0.303 e. The Kier molecular flexibility index (Phi) is 4.62. The number of carboxylic acids is 1. The van der Waals surface area contributed by atoms with Gasteiger partial charge in [-0.15, -0.1) is 16.4 Å². The molecule has 0 aliphatic carbocycles.